The fourth-order valence-corrected chi connectivity index (χ4v) is 4.88. The highest BCUT2D eigenvalue weighted by molar-refractivity contribution is 7.91. The highest BCUT2D eigenvalue weighted by Gasteiger charge is 2.60. The van der Waals surface area contributed by atoms with E-state index in [0.29, 0.717) is 19.3 Å². The molecule has 3 atom stereocenters. The van der Waals surface area contributed by atoms with Gasteiger partial charge in [0.15, 0.2) is 9.84 Å². The summed E-state index contributed by atoms with van der Waals surface area (Å²) in [5.41, 5.74) is 4.83. The maximum absolute atomic E-state index is 12.0. The number of nitrogens with two attached hydrogens (primary N) is 1. The highest BCUT2D eigenvalue weighted by atomic mass is 32.2. The molecule has 0 bridgehead atoms. The minimum atomic E-state index is -3.35. The first kappa shape index (κ1) is 13.9. The summed E-state index contributed by atoms with van der Waals surface area (Å²) in [7, 11) is -3.35. The van der Waals surface area contributed by atoms with E-state index < -0.39 is 32.7 Å². The Hall–Kier alpha value is -1.55. The van der Waals surface area contributed by atoms with Crippen molar-refractivity contribution >= 4 is 21.7 Å². The fourth-order valence-electron chi connectivity index (χ4n) is 3.23. The van der Waals surface area contributed by atoms with E-state index in [1.54, 1.807) is 6.92 Å². The minimum absolute atomic E-state index is 0.0764. The first-order chi connectivity index (χ1) is 8.75. The molecule has 2 N–H and O–H groups in total. The molecule has 0 aromatic carbocycles. The molecule has 3 unspecified atom stereocenters. The van der Waals surface area contributed by atoms with Crippen LogP contribution in [0.5, 0.6) is 0 Å². The topological polar surface area (TPSA) is 92.8 Å². The number of terminal acetylenes is 1. The number of nitrogens with zero attached hydrogens (tertiary/aromatic N) is 2. The van der Waals surface area contributed by atoms with E-state index >= 15 is 0 Å². The molecule has 0 radical (unpaired) electrons. The molecule has 0 aromatic rings. The second-order valence-corrected chi connectivity index (χ2v) is 7.36. The number of carbonyl (C=O) groups is 1. The maximum Gasteiger partial charge on any atom is 0.347 e. The summed E-state index contributed by atoms with van der Waals surface area (Å²) in [5, 5.41) is -0.731. The molecular formula is C12H17N3O3S. The summed E-state index contributed by atoms with van der Waals surface area (Å²) >= 11 is 0. The molecule has 1 fully saturated rings. The molecular weight excluding hydrogens is 266 g/mol. The third-order valence-corrected chi connectivity index (χ3v) is 5.66. The van der Waals surface area contributed by atoms with Gasteiger partial charge >= 0.3 is 6.03 Å². The lowest BCUT2D eigenvalue weighted by atomic mass is 9.93. The Morgan fingerprint density at radius 2 is 2.26 bits per heavy atom. The number of aliphatic imine (C=N–C) groups is 1. The average Bonchev–Trinajstić information content (AvgIpc) is 2.82. The quantitative estimate of drug-likeness (QED) is 0.729. The lowest BCUT2D eigenvalue weighted by Gasteiger charge is -2.40. The molecule has 2 aliphatic rings. The van der Waals surface area contributed by atoms with Crippen molar-refractivity contribution in [2.75, 3.05) is 6.26 Å². The minimum Gasteiger partial charge on any atom is -0.385 e. The molecule has 1 spiro atoms. The lowest BCUT2D eigenvalue weighted by molar-refractivity contribution is 0.162. The van der Waals surface area contributed by atoms with Crippen LogP contribution in [0.3, 0.4) is 0 Å². The Morgan fingerprint density at radius 3 is 2.79 bits per heavy atom. The van der Waals surface area contributed by atoms with Crippen LogP contribution in [0, 0.1) is 12.3 Å². The molecule has 19 heavy (non-hydrogen) atoms. The number of hydrogen-bond donors (Lipinski definition) is 1. The van der Waals surface area contributed by atoms with Crippen LogP contribution in [-0.2, 0) is 9.84 Å². The van der Waals surface area contributed by atoms with Gasteiger partial charge < -0.3 is 5.73 Å². The van der Waals surface area contributed by atoms with E-state index in [4.69, 9.17) is 12.2 Å². The van der Waals surface area contributed by atoms with Crippen LogP contribution in [0.2, 0.25) is 0 Å². The van der Waals surface area contributed by atoms with Crippen LogP contribution in [0.25, 0.3) is 0 Å². The summed E-state index contributed by atoms with van der Waals surface area (Å²) in [5.74, 6) is 2.54. The first-order valence-electron chi connectivity index (χ1n) is 6.08. The van der Waals surface area contributed by atoms with E-state index in [2.05, 4.69) is 10.9 Å². The predicted molar refractivity (Wildman–Crippen MR) is 72.4 cm³/mol. The molecule has 104 valence electrons. The van der Waals surface area contributed by atoms with Gasteiger partial charge in [-0.2, -0.15) is 4.99 Å². The van der Waals surface area contributed by atoms with E-state index in [0.717, 1.165) is 0 Å². The molecule has 0 aromatic heterocycles. The smallest absolute Gasteiger partial charge is 0.347 e. The Bertz CT molecular complexity index is 590. The molecule has 1 saturated carbocycles. The van der Waals surface area contributed by atoms with Gasteiger partial charge in [-0.3, -0.25) is 4.90 Å². The zero-order valence-electron chi connectivity index (χ0n) is 11.0. The molecule has 1 heterocycles. The van der Waals surface area contributed by atoms with Crippen molar-refractivity contribution in [1.82, 2.24) is 4.90 Å². The van der Waals surface area contributed by atoms with E-state index in [1.165, 1.54) is 11.2 Å². The van der Waals surface area contributed by atoms with Crippen molar-refractivity contribution in [1.29, 1.82) is 0 Å². The normalized spacial score (nSPS) is 32.5. The Balaban J connectivity index is 2.59. The number of carbonyl (C=O) groups excluding carboxylic acids is 1. The zero-order valence-corrected chi connectivity index (χ0v) is 11.8. The molecule has 0 saturated heterocycles. The number of hydrogen-bond acceptors (Lipinski definition) is 4. The summed E-state index contributed by atoms with van der Waals surface area (Å²) in [6.07, 6.45) is 8.17. The molecule has 2 rings (SSSR count). The Labute approximate surface area is 113 Å². The molecule has 1 aliphatic carbocycles. The van der Waals surface area contributed by atoms with Crippen LogP contribution in [0.1, 0.15) is 26.2 Å². The van der Waals surface area contributed by atoms with Gasteiger partial charge in [0.2, 0.25) is 0 Å². The van der Waals surface area contributed by atoms with Crippen LogP contribution >= 0.6 is 0 Å². The van der Waals surface area contributed by atoms with Gasteiger partial charge in [-0.25, -0.2) is 13.2 Å². The van der Waals surface area contributed by atoms with Crippen molar-refractivity contribution in [2.45, 2.75) is 43.0 Å². The largest absolute Gasteiger partial charge is 0.385 e. The van der Waals surface area contributed by atoms with Gasteiger partial charge in [-0.15, -0.1) is 6.42 Å². The monoisotopic (exact) mass is 283 g/mol. The molecule has 6 nitrogen and oxygen atoms in total. The summed E-state index contributed by atoms with van der Waals surface area (Å²) < 4.78 is 24.0. The van der Waals surface area contributed by atoms with Crippen molar-refractivity contribution in [2.24, 2.45) is 10.7 Å². The number of urea groups is 1. The average molecular weight is 283 g/mol. The Kier molecular flexibility index (Phi) is 3.09. The summed E-state index contributed by atoms with van der Waals surface area (Å²) in [6.45, 7) is 1.67. The van der Waals surface area contributed by atoms with E-state index in [-0.39, 0.29) is 5.84 Å². The maximum atomic E-state index is 12.0. The van der Waals surface area contributed by atoms with Crippen LogP contribution < -0.4 is 5.73 Å². The first-order valence-corrected chi connectivity index (χ1v) is 8.03. The van der Waals surface area contributed by atoms with Gasteiger partial charge in [0.05, 0.1) is 11.3 Å². The molecule has 1 aliphatic heterocycles. The van der Waals surface area contributed by atoms with Gasteiger partial charge in [0.1, 0.15) is 11.4 Å². The lowest BCUT2D eigenvalue weighted by Crippen LogP contribution is -2.62. The summed E-state index contributed by atoms with van der Waals surface area (Å²) in [6, 6.07) is -1.09. The third-order valence-electron chi connectivity index (χ3n) is 4.00. The highest BCUT2D eigenvalue weighted by Crippen LogP contribution is 2.43. The second kappa shape index (κ2) is 4.23. The third kappa shape index (κ3) is 1.82. The van der Waals surface area contributed by atoms with Gasteiger partial charge in [0.25, 0.3) is 0 Å². The van der Waals surface area contributed by atoms with Crippen LogP contribution in [0.15, 0.2) is 4.99 Å². The van der Waals surface area contributed by atoms with Gasteiger partial charge in [-0.1, -0.05) is 5.92 Å². The second-order valence-electron chi connectivity index (χ2n) is 5.13. The predicted octanol–water partition coefficient (Wildman–Crippen LogP) is 0.137. The van der Waals surface area contributed by atoms with Gasteiger partial charge in [0, 0.05) is 6.26 Å². The van der Waals surface area contributed by atoms with Crippen molar-refractivity contribution in [3.05, 3.63) is 0 Å². The van der Waals surface area contributed by atoms with Gasteiger partial charge in [-0.05, 0) is 26.2 Å². The van der Waals surface area contributed by atoms with E-state index in [9.17, 15) is 13.2 Å². The number of amidine groups is 1. The van der Waals surface area contributed by atoms with Crippen molar-refractivity contribution in [3.8, 4) is 12.3 Å². The molecule has 2 amide bonds. The number of rotatable bonds is 2. The Morgan fingerprint density at radius 1 is 1.63 bits per heavy atom. The molecule has 7 heteroatoms. The van der Waals surface area contributed by atoms with Crippen molar-refractivity contribution < 1.29 is 13.2 Å². The van der Waals surface area contributed by atoms with Crippen LogP contribution in [-0.4, -0.2) is 48.3 Å². The SMILES string of the molecule is C#CC(C)N1C(=O)N=C(N)C12CCCC2S(C)(=O)=O. The van der Waals surface area contributed by atoms with Crippen molar-refractivity contribution in [3.63, 3.8) is 0 Å². The fraction of sp³-hybridized carbons (Fsp3) is 0.667. The standard InChI is InChI=1S/C12H17N3O3S/c1-4-8(2)15-11(16)14-10(13)12(15)7-5-6-9(12)19(3,17)18/h1,8-9H,5-7H2,2-3H3,(H2,13,14,16). The van der Waals surface area contributed by atoms with E-state index in [1.807, 2.05) is 0 Å². The zero-order chi connectivity index (χ0) is 14.4. The number of sulfone groups is 1. The number of amides is 2. The van der Waals surface area contributed by atoms with Crippen LogP contribution in [0.4, 0.5) is 4.79 Å². The summed E-state index contributed by atoms with van der Waals surface area (Å²) in [4.78, 5) is 17.1.